The maximum absolute atomic E-state index is 11.9. The molecule has 1 aliphatic rings. The minimum Gasteiger partial charge on any atom is -0.461 e. The van der Waals surface area contributed by atoms with Gasteiger partial charge in [0.2, 0.25) is 0 Å². The Morgan fingerprint density at radius 2 is 2.09 bits per heavy atom. The maximum atomic E-state index is 11.9. The van der Waals surface area contributed by atoms with Crippen molar-refractivity contribution in [3.05, 3.63) is 35.6 Å². The van der Waals surface area contributed by atoms with Gasteiger partial charge in [-0.25, -0.2) is 5.43 Å². The van der Waals surface area contributed by atoms with E-state index in [0.29, 0.717) is 6.54 Å². The number of benzene rings is 1. The van der Waals surface area contributed by atoms with E-state index >= 15 is 0 Å². The lowest BCUT2D eigenvalue weighted by Crippen LogP contribution is -2.38. The number of piperidine rings is 1. The van der Waals surface area contributed by atoms with Gasteiger partial charge in [-0.15, -0.1) is 0 Å². The number of hydrogen-bond donors (Lipinski definition) is 1. The second-order valence-electron chi connectivity index (χ2n) is 5.70. The Balaban J connectivity index is 1.61. The number of hydrazone groups is 1. The predicted molar refractivity (Wildman–Crippen MR) is 87.0 cm³/mol. The van der Waals surface area contributed by atoms with Crippen LogP contribution in [-0.4, -0.2) is 36.7 Å². The summed E-state index contributed by atoms with van der Waals surface area (Å²) in [5.74, 6) is 0.735. The Labute approximate surface area is 130 Å². The lowest BCUT2D eigenvalue weighted by Gasteiger charge is -2.25. The van der Waals surface area contributed by atoms with Gasteiger partial charge in [0.25, 0.3) is 5.91 Å². The lowest BCUT2D eigenvalue weighted by atomic mass is 10.1. The number of nitrogens with zero attached hydrogens (tertiary/aromatic N) is 2. The number of rotatable bonds is 4. The Bertz CT molecular complexity index is 684. The Kier molecular flexibility index (Phi) is 4.53. The van der Waals surface area contributed by atoms with E-state index in [9.17, 15) is 4.79 Å². The normalized spacial score (nSPS) is 16.4. The van der Waals surface area contributed by atoms with Crippen molar-refractivity contribution in [1.82, 2.24) is 10.3 Å². The fraction of sp³-hybridized carbons (Fsp3) is 0.412. The molecule has 2 aromatic rings. The fourth-order valence-corrected chi connectivity index (χ4v) is 2.87. The van der Waals surface area contributed by atoms with E-state index in [2.05, 4.69) is 15.4 Å². The highest BCUT2D eigenvalue weighted by Gasteiger charge is 2.13. The lowest BCUT2D eigenvalue weighted by molar-refractivity contribution is -0.122. The number of furan rings is 1. The zero-order valence-corrected chi connectivity index (χ0v) is 12.8. The topological polar surface area (TPSA) is 57.8 Å². The number of likely N-dealkylation sites (tertiary alicyclic amines) is 1. The first kappa shape index (κ1) is 14.8. The average molecular weight is 299 g/mol. The molecule has 1 aromatic carbocycles. The van der Waals surface area contributed by atoms with Crippen LogP contribution < -0.4 is 5.43 Å². The molecule has 1 amide bonds. The number of aryl methyl sites for hydroxylation is 1. The fourth-order valence-electron chi connectivity index (χ4n) is 2.87. The molecule has 22 heavy (non-hydrogen) atoms. The van der Waals surface area contributed by atoms with Gasteiger partial charge in [-0.1, -0.05) is 24.6 Å². The largest absolute Gasteiger partial charge is 0.461 e. The number of nitrogens with one attached hydrogen (secondary N) is 1. The quantitative estimate of drug-likeness (QED) is 0.697. The highest BCUT2D eigenvalue weighted by molar-refractivity contribution is 5.99. The van der Waals surface area contributed by atoms with Gasteiger partial charge >= 0.3 is 0 Å². The summed E-state index contributed by atoms with van der Waals surface area (Å²) >= 11 is 0. The molecule has 1 aliphatic heterocycles. The van der Waals surface area contributed by atoms with Crippen molar-refractivity contribution in [2.45, 2.75) is 26.2 Å². The van der Waals surface area contributed by atoms with Crippen molar-refractivity contribution < 1.29 is 9.21 Å². The van der Waals surface area contributed by atoms with E-state index in [1.54, 1.807) is 6.21 Å². The zero-order chi connectivity index (χ0) is 15.4. The molecule has 2 heterocycles. The van der Waals surface area contributed by atoms with E-state index in [1.165, 1.54) is 19.3 Å². The van der Waals surface area contributed by atoms with E-state index in [1.807, 2.05) is 31.2 Å². The third-order valence-electron chi connectivity index (χ3n) is 4.02. The van der Waals surface area contributed by atoms with Crippen molar-refractivity contribution >= 4 is 23.1 Å². The molecule has 0 bridgehead atoms. The number of carbonyl (C=O) groups excluding carboxylic acids is 1. The van der Waals surface area contributed by atoms with Crippen molar-refractivity contribution in [3.63, 3.8) is 0 Å². The van der Waals surface area contributed by atoms with Crippen molar-refractivity contribution in [2.75, 3.05) is 19.6 Å². The number of hydrogen-bond acceptors (Lipinski definition) is 4. The second-order valence-corrected chi connectivity index (χ2v) is 5.70. The summed E-state index contributed by atoms with van der Waals surface area (Å²) in [4.78, 5) is 14.1. The number of fused-ring (bicyclic) bond motifs is 1. The smallest absolute Gasteiger partial charge is 0.254 e. The molecule has 5 heteroatoms. The number of para-hydroxylation sites is 1. The summed E-state index contributed by atoms with van der Waals surface area (Å²) in [5, 5.41) is 5.09. The predicted octanol–water partition coefficient (Wildman–Crippen LogP) is 2.68. The maximum Gasteiger partial charge on any atom is 0.254 e. The van der Waals surface area contributed by atoms with Crippen molar-refractivity contribution in [3.8, 4) is 0 Å². The Morgan fingerprint density at radius 3 is 2.91 bits per heavy atom. The van der Waals surface area contributed by atoms with Crippen LogP contribution in [0.25, 0.3) is 11.0 Å². The van der Waals surface area contributed by atoms with Gasteiger partial charge in [-0.2, -0.15) is 5.10 Å². The molecule has 0 atom stereocenters. The molecule has 0 spiro atoms. The Hall–Kier alpha value is -2.14. The van der Waals surface area contributed by atoms with Crippen molar-refractivity contribution in [1.29, 1.82) is 0 Å². The molecular weight excluding hydrogens is 278 g/mol. The van der Waals surface area contributed by atoms with Crippen LogP contribution in [0.4, 0.5) is 0 Å². The number of carbonyl (C=O) groups is 1. The molecule has 3 rings (SSSR count). The van der Waals surface area contributed by atoms with Crippen molar-refractivity contribution in [2.24, 2.45) is 5.10 Å². The molecular formula is C17H21N3O2. The second kappa shape index (κ2) is 6.75. The third-order valence-corrected chi connectivity index (χ3v) is 4.02. The van der Waals surface area contributed by atoms with Crippen LogP contribution >= 0.6 is 0 Å². The van der Waals surface area contributed by atoms with Crippen LogP contribution in [0, 0.1) is 6.92 Å². The molecule has 1 fully saturated rings. The summed E-state index contributed by atoms with van der Waals surface area (Å²) in [5.41, 5.74) is 4.35. The molecule has 1 aromatic heterocycles. The highest BCUT2D eigenvalue weighted by Crippen LogP contribution is 2.23. The molecule has 0 saturated carbocycles. The van der Waals surface area contributed by atoms with Gasteiger partial charge in [-0.05, 0) is 38.9 Å². The standard InChI is InChI=1S/C17H21N3O2/c1-13-15(14-7-3-4-8-16(14)22-13)11-18-19-17(21)12-20-9-5-2-6-10-20/h3-4,7-8,11H,2,5-6,9-10,12H2,1H3,(H,19,21). The molecule has 0 radical (unpaired) electrons. The summed E-state index contributed by atoms with van der Waals surface area (Å²) in [7, 11) is 0. The Morgan fingerprint density at radius 1 is 1.32 bits per heavy atom. The third kappa shape index (κ3) is 3.36. The average Bonchev–Trinajstić information content (AvgIpc) is 2.84. The van der Waals surface area contributed by atoms with Crippen LogP contribution in [0.2, 0.25) is 0 Å². The van der Waals surface area contributed by atoms with Gasteiger partial charge in [0, 0.05) is 10.9 Å². The van der Waals surface area contributed by atoms with Gasteiger partial charge < -0.3 is 4.42 Å². The van der Waals surface area contributed by atoms with Gasteiger partial charge in [0.05, 0.1) is 12.8 Å². The van der Waals surface area contributed by atoms with Gasteiger partial charge in [0.1, 0.15) is 11.3 Å². The summed E-state index contributed by atoms with van der Waals surface area (Å²) in [6.07, 6.45) is 5.28. The highest BCUT2D eigenvalue weighted by atomic mass is 16.3. The summed E-state index contributed by atoms with van der Waals surface area (Å²) < 4.78 is 5.67. The zero-order valence-electron chi connectivity index (χ0n) is 12.8. The van der Waals surface area contributed by atoms with E-state index < -0.39 is 0 Å². The van der Waals surface area contributed by atoms with E-state index in [-0.39, 0.29) is 5.91 Å². The monoisotopic (exact) mass is 299 g/mol. The molecule has 0 aliphatic carbocycles. The van der Waals surface area contributed by atoms with Crippen LogP contribution in [0.1, 0.15) is 30.6 Å². The first-order valence-corrected chi connectivity index (χ1v) is 7.76. The van der Waals surface area contributed by atoms with Crippen LogP contribution in [0.3, 0.4) is 0 Å². The molecule has 1 N–H and O–H groups in total. The molecule has 116 valence electrons. The van der Waals surface area contributed by atoms with Gasteiger partial charge in [0.15, 0.2) is 0 Å². The minimum atomic E-state index is -0.0661. The summed E-state index contributed by atoms with van der Waals surface area (Å²) in [6, 6.07) is 7.81. The molecule has 5 nitrogen and oxygen atoms in total. The minimum absolute atomic E-state index is 0.0661. The molecule has 0 unspecified atom stereocenters. The van der Waals surface area contributed by atoms with Crippen LogP contribution in [-0.2, 0) is 4.79 Å². The molecule has 1 saturated heterocycles. The first-order valence-electron chi connectivity index (χ1n) is 7.76. The van der Waals surface area contributed by atoms with Crippen LogP contribution in [0.15, 0.2) is 33.8 Å². The van der Waals surface area contributed by atoms with Gasteiger partial charge in [-0.3, -0.25) is 9.69 Å². The van der Waals surface area contributed by atoms with E-state index in [0.717, 1.165) is 35.4 Å². The summed E-state index contributed by atoms with van der Waals surface area (Å²) in [6.45, 7) is 4.32. The first-order chi connectivity index (χ1) is 10.7. The SMILES string of the molecule is Cc1oc2ccccc2c1C=NNC(=O)CN1CCCCC1. The van der Waals surface area contributed by atoms with Crippen LogP contribution in [0.5, 0.6) is 0 Å². The number of amides is 1. The van der Waals surface area contributed by atoms with E-state index in [4.69, 9.17) is 4.42 Å².